The fourth-order valence-electron chi connectivity index (χ4n) is 1.66. The number of ether oxygens (including phenoxy) is 1. The first-order valence-corrected chi connectivity index (χ1v) is 5.72. The average Bonchev–Trinajstić information content (AvgIpc) is 2.15. The molecule has 2 atom stereocenters. The quantitative estimate of drug-likeness (QED) is 0.850. The van der Waals surface area contributed by atoms with Gasteiger partial charge >= 0.3 is 0 Å². The molecular weight excluding hydrogens is 200 g/mol. The van der Waals surface area contributed by atoms with Gasteiger partial charge in [0.1, 0.15) is 6.10 Å². The zero-order valence-corrected chi connectivity index (χ0v) is 10.8. The van der Waals surface area contributed by atoms with Crippen molar-refractivity contribution in [3.05, 3.63) is 35.4 Å². The topological polar surface area (TPSA) is 29.5 Å². The lowest BCUT2D eigenvalue weighted by Crippen LogP contribution is -2.29. The van der Waals surface area contributed by atoms with Gasteiger partial charge in [-0.05, 0) is 40.2 Å². The third kappa shape index (κ3) is 3.95. The molecule has 90 valence electrons. The van der Waals surface area contributed by atoms with Crippen molar-refractivity contribution in [2.75, 3.05) is 0 Å². The Labute approximate surface area is 98.3 Å². The first-order chi connectivity index (χ1) is 7.29. The zero-order chi connectivity index (χ0) is 12.3. The molecule has 0 saturated carbocycles. The number of aryl methyl sites for hydroxylation is 1. The first kappa shape index (κ1) is 13.2. The van der Waals surface area contributed by atoms with Gasteiger partial charge in [0.05, 0.1) is 11.7 Å². The lowest BCUT2D eigenvalue weighted by molar-refractivity contribution is -0.103. The Balaban J connectivity index is 2.70. The van der Waals surface area contributed by atoms with Crippen molar-refractivity contribution in [2.45, 2.75) is 52.4 Å². The monoisotopic (exact) mass is 222 g/mol. The molecule has 0 heterocycles. The van der Waals surface area contributed by atoms with Crippen molar-refractivity contribution in [1.82, 2.24) is 0 Å². The van der Waals surface area contributed by atoms with Gasteiger partial charge in [0.15, 0.2) is 0 Å². The van der Waals surface area contributed by atoms with Crippen molar-refractivity contribution in [3.8, 4) is 0 Å². The molecule has 1 aromatic carbocycles. The van der Waals surface area contributed by atoms with Gasteiger partial charge in [-0.15, -0.1) is 0 Å². The van der Waals surface area contributed by atoms with Crippen LogP contribution in [0, 0.1) is 6.92 Å². The van der Waals surface area contributed by atoms with Crippen LogP contribution in [0.25, 0.3) is 0 Å². The highest BCUT2D eigenvalue weighted by atomic mass is 16.5. The van der Waals surface area contributed by atoms with Gasteiger partial charge in [0.25, 0.3) is 0 Å². The van der Waals surface area contributed by atoms with Gasteiger partial charge in [-0.2, -0.15) is 0 Å². The summed E-state index contributed by atoms with van der Waals surface area (Å²) >= 11 is 0. The van der Waals surface area contributed by atoms with Crippen molar-refractivity contribution in [3.63, 3.8) is 0 Å². The lowest BCUT2D eigenvalue weighted by atomic mass is 10.0. The van der Waals surface area contributed by atoms with E-state index in [0.717, 1.165) is 5.56 Å². The molecule has 1 aromatic rings. The molecule has 0 aliphatic heterocycles. The molecule has 2 nitrogen and oxygen atoms in total. The van der Waals surface area contributed by atoms with Crippen LogP contribution in [-0.2, 0) is 4.74 Å². The summed E-state index contributed by atoms with van der Waals surface area (Å²) in [7, 11) is 0. The van der Waals surface area contributed by atoms with Gasteiger partial charge in [-0.1, -0.05) is 29.8 Å². The Morgan fingerprint density at radius 3 is 2.06 bits per heavy atom. The number of benzene rings is 1. The van der Waals surface area contributed by atoms with Gasteiger partial charge in [-0.25, -0.2) is 0 Å². The molecule has 0 amide bonds. The van der Waals surface area contributed by atoms with Crippen LogP contribution < -0.4 is 0 Å². The maximum absolute atomic E-state index is 10.1. The van der Waals surface area contributed by atoms with E-state index in [1.165, 1.54) is 5.56 Å². The minimum atomic E-state index is -0.570. The number of aliphatic hydroxyl groups is 1. The smallest absolute Gasteiger partial charge is 0.105 e. The summed E-state index contributed by atoms with van der Waals surface area (Å²) in [5.74, 6) is 0. The number of hydrogen-bond donors (Lipinski definition) is 1. The lowest BCUT2D eigenvalue weighted by Gasteiger charge is -2.28. The third-order valence-corrected chi connectivity index (χ3v) is 2.40. The predicted molar refractivity (Wildman–Crippen MR) is 66.4 cm³/mol. The van der Waals surface area contributed by atoms with Gasteiger partial charge in [0.2, 0.25) is 0 Å². The van der Waals surface area contributed by atoms with E-state index in [0.29, 0.717) is 0 Å². The van der Waals surface area contributed by atoms with Crippen LogP contribution in [0.15, 0.2) is 24.3 Å². The standard InChI is InChI=1S/C14H22O2/c1-10-6-8-12(9-7-10)13(15)11(2)16-14(3,4)5/h6-9,11,13,15H,1-5H3. The second-order valence-electron chi connectivity index (χ2n) is 5.29. The van der Waals surface area contributed by atoms with E-state index < -0.39 is 6.10 Å². The van der Waals surface area contributed by atoms with Crippen LogP contribution in [0.3, 0.4) is 0 Å². The van der Waals surface area contributed by atoms with Crippen LogP contribution in [0.1, 0.15) is 44.9 Å². The zero-order valence-electron chi connectivity index (χ0n) is 10.8. The Hall–Kier alpha value is -0.860. The number of rotatable bonds is 3. The molecule has 0 saturated heterocycles. The number of hydrogen-bond acceptors (Lipinski definition) is 2. The molecule has 0 aromatic heterocycles. The largest absolute Gasteiger partial charge is 0.386 e. The summed E-state index contributed by atoms with van der Waals surface area (Å²) in [5.41, 5.74) is 1.87. The first-order valence-electron chi connectivity index (χ1n) is 5.72. The molecule has 0 fully saturated rings. The summed E-state index contributed by atoms with van der Waals surface area (Å²) in [6.45, 7) is 9.91. The predicted octanol–water partition coefficient (Wildman–Crippen LogP) is 3.23. The van der Waals surface area contributed by atoms with E-state index in [2.05, 4.69) is 0 Å². The summed E-state index contributed by atoms with van der Waals surface area (Å²) in [6.07, 6.45) is -0.775. The molecule has 2 heteroatoms. The van der Waals surface area contributed by atoms with Crippen LogP contribution in [0.2, 0.25) is 0 Å². The minimum absolute atomic E-state index is 0.206. The van der Waals surface area contributed by atoms with Crippen LogP contribution in [0.4, 0.5) is 0 Å². The van der Waals surface area contributed by atoms with Crippen LogP contribution in [-0.4, -0.2) is 16.8 Å². The highest BCUT2D eigenvalue weighted by Gasteiger charge is 2.22. The molecule has 2 unspecified atom stereocenters. The average molecular weight is 222 g/mol. The van der Waals surface area contributed by atoms with E-state index in [9.17, 15) is 5.11 Å². The Bertz CT molecular complexity index is 322. The molecular formula is C14H22O2. The second-order valence-corrected chi connectivity index (χ2v) is 5.29. The Kier molecular flexibility index (Phi) is 4.11. The maximum Gasteiger partial charge on any atom is 0.105 e. The summed E-state index contributed by atoms with van der Waals surface area (Å²) in [4.78, 5) is 0. The SMILES string of the molecule is Cc1ccc(C(O)C(C)OC(C)(C)C)cc1. The fourth-order valence-corrected chi connectivity index (χ4v) is 1.66. The molecule has 1 N–H and O–H groups in total. The third-order valence-electron chi connectivity index (χ3n) is 2.40. The van der Waals surface area contributed by atoms with E-state index in [1.807, 2.05) is 58.9 Å². The minimum Gasteiger partial charge on any atom is -0.386 e. The van der Waals surface area contributed by atoms with Crippen molar-refractivity contribution < 1.29 is 9.84 Å². The number of aliphatic hydroxyl groups excluding tert-OH is 1. The van der Waals surface area contributed by atoms with Crippen molar-refractivity contribution in [1.29, 1.82) is 0 Å². The highest BCUT2D eigenvalue weighted by molar-refractivity contribution is 5.23. The summed E-state index contributed by atoms with van der Waals surface area (Å²) < 4.78 is 5.73. The van der Waals surface area contributed by atoms with E-state index >= 15 is 0 Å². The maximum atomic E-state index is 10.1. The second kappa shape index (κ2) is 4.98. The molecule has 0 radical (unpaired) electrons. The fraction of sp³-hybridized carbons (Fsp3) is 0.571. The van der Waals surface area contributed by atoms with Crippen molar-refractivity contribution in [2.24, 2.45) is 0 Å². The summed E-state index contributed by atoms with van der Waals surface area (Å²) in [6, 6.07) is 7.90. The summed E-state index contributed by atoms with van der Waals surface area (Å²) in [5, 5.41) is 10.1. The molecule has 0 spiro atoms. The molecule has 1 rings (SSSR count). The van der Waals surface area contributed by atoms with Crippen LogP contribution in [0.5, 0.6) is 0 Å². The van der Waals surface area contributed by atoms with Gasteiger partial charge in [0, 0.05) is 0 Å². The van der Waals surface area contributed by atoms with Gasteiger partial charge < -0.3 is 9.84 Å². The van der Waals surface area contributed by atoms with E-state index in [4.69, 9.17) is 4.74 Å². The van der Waals surface area contributed by atoms with Crippen molar-refractivity contribution >= 4 is 0 Å². The molecule has 16 heavy (non-hydrogen) atoms. The normalized spacial score (nSPS) is 15.9. The van der Waals surface area contributed by atoms with Gasteiger partial charge in [-0.3, -0.25) is 0 Å². The van der Waals surface area contributed by atoms with Crippen LogP contribution >= 0.6 is 0 Å². The van der Waals surface area contributed by atoms with E-state index in [1.54, 1.807) is 0 Å². The highest BCUT2D eigenvalue weighted by Crippen LogP contribution is 2.23. The molecule has 0 aliphatic carbocycles. The Morgan fingerprint density at radius 1 is 1.12 bits per heavy atom. The van der Waals surface area contributed by atoms with E-state index in [-0.39, 0.29) is 11.7 Å². The molecule has 0 bridgehead atoms. The molecule has 0 aliphatic rings. The Morgan fingerprint density at radius 2 is 1.62 bits per heavy atom.